The Balaban J connectivity index is 2.10. The predicted molar refractivity (Wildman–Crippen MR) is 82.4 cm³/mol. The first-order valence-corrected chi connectivity index (χ1v) is 7.42. The van der Waals surface area contributed by atoms with E-state index in [1.165, 1.54) is 17.0 Å². The number of nitrogens with one attached hydrogen (secondary N) is 1. The standard InChI is InChI=1S/C13H13Cl3N2O3/c14-8-3-10(16)11(4-9(8)15)17-13(21)18(6-12(19)20)5-7-1-2-7/h3-4,7H,1-2,5-6H2,(H,17,21)(H,19,20). The molecule has 0 heterocycles. The molecule has 0 unspecified atom stereocenters. The Kier molecular flexibility index (Phi) is 5.19. The van der Waals surface area contributed by atoms with Crippen molar-refractivity contribution in [2.45, 2.75) is 12.8 Å². The van der Waals surface area contributed by atoms with Gasteiger partial charge in [-0.2, -0.15) is 0 Å². The van der Waals surface area contributed by atoms with Gasteiger partial charge in [-0.15, -0.1) is 0 Å². The van der Waals surface area contributed by atoms with Crippen molar-refractivity contribution in [3.63, 3.8) is 0 Å². The van der Waals surface area contributed by atoms with Crippen LogP contribution in [0.2, 0.25) is 15.1 Å². The largest absolute Gasteiger partial charge is 0.480 e. The monoisotopic (exact) mass is 350 g/mol. The van der Waals surface area contributed by atoms with Gasteiger partial charge in [-0.25, -0.2) is 4.79 Å². The molecule has 1 saturated carbocycles. The number of carbonyl (C=O) groups excluding carboxylic acids is 1. The zero-order valence-corrected chi connectivity index (χ0v) is 13.2. The lowest BCUT2D eigenvalue weighted by molar-refractivity contribution is -0.137. The number of halogens is 3. The number of hydrogen-bond donors (Lipinski definition) is 2. The lowest BCUT2D eigenvalue weighted by Gasteiger charge is -2.21. The summed E-state index contributed by atoms with van der Waals surface area (Å²) >= 11 is 17.7. The molecule has 21 heavy (non-hydrogen) atoms. The minimum atomic E-state index is -1.06. The fraction of sp³-hybridized carbons (Fsp3) is 0.385. The summed E-state index contributed by atoms with van der Waals surface area (Å²) in [6.07, 6.45) is 2.02. The number of aliphatic carboxylic acids is 1. The van der Waals surface area contributed by atoms with E-state index in [1.807, 2.05) is 0 Å². The highest BCUT2D eigenvalue weighted by molar-refractivity contribution is 6.44. The number of carboxylic acid groups (broad SMARTS) is 1. The van der Waals surface area contributed by atoms with E-state index < -0.39 is 12.0 Å². The SMILES string of the molecule is O=C(O)CN(CC1CC1)C(=O)Nc1cc(Cl)c(Cl)cc1Cl. The normalized spacial score (nSPS) is 13.9. The van der Waals surface area contributed by atoms with Gasteiger partial charge in [0.1, 0.15) is 6.54 Å². The Morgan fingerprint density at radius 2 is 1.81 bits per heavy atom. The van der Waals surface area contributed by atoms with Crippen LogP contribution in [-0.2, 0) is 4.79 Å². The maximum atomic E-state index is 12.2. The molecule has 2 rings (SSSR count). The summed E-state index contributed by atoms with van der Waals surface area (Å²) in [6, 6.07) is 2.33. The van der Waals surface area contributed by atoms with Gasteiger partial charge in [0, 0.05) is 6.54 Å². The van der Waals surface area contributed by atoms with Crippen LogP contribution in [-0.4, -0.2) is 35.1 Å². The highest BCUT2D eigenvalue weighted by Crippen LogP contribution is 2.33. The summed E-state index contributed by atoms with van der Waals surface area (Å²) in [6.45, 7) is 0.0539. The molecule has 1 fully saturated rings. The van der Waals surface area contributed by atoms with Gasteiger partial charge < -0.3 is 15.3 Å². The van der Waals surface area contributed by atoms with Crippen LogP contribution in [0.25, 0.3) is 0 Å². The average Bonchev–Trinajstić information content (AvgIpc) is 3.18. The number of urea groups is 1. The van der Waals surface area contributed by atoms with Gasteiger partial charge in [0.2, 0.25) is 0 Å². The molecule has 0 radical (unpaired) electrons. The number of benzene rings is 1. The summed E-state index contributed by atoms with van der Waals surface area (Å²) in [5, 5.41) is 12.2. The zero-order valence-electron chi connectivity index (χ0n) is 10.9. The van der Waals surface area contributed by atoms with Crippen LogP contribution in [0.3, 0.4) is 0 Å². The Morgan fingerprint density at radius 3 is 2.38 bits per heavy atom. The van der Waals surface area contributed by atoms with Crippen LogP contribution in [0, 0.1) is 5.92 Å². The first-order valence-electron chi connectivity index (χ1n) is 6.29. The van der Waals surface area contributed by atoms with Crippen LogP contribution in [0.4, 0.5) is 10.5 Å². The molecule has 2 amide bonds. The van der Waals surface area contributed by atoms with Crippen LogP contribution < -0.4 is 5.32 Å². The van der Waals surface area contributed by atoms with Crippen LogP contribution in [0.1, 0.15) is 12.8 Å². The number of carbonyl (C=O) groups is 2. The van der Waals surface area contributed by atoms with E-state index in [-0.39, 0.29) is 21.6 Å². The molecular weight excluding hydrogens is 339 g/mol. The van der Waals surface area contributed by atoms with E-state index in [9.17, 15) is 9.59 Å². The lowest BCUT2D eigenvalue weighted by atomic mass is 10.3. The first-order chi connectivity index (χ1) is 9.86. The van der Waals surface area contributed by atoms with Gasteiger partial charge >= 0.3 is 12.0 Å². The van der Waals surface area contributed by atoms with Crippen molar-refractivity contribution in [3.05, 3.63) is 27.2 Å². The predicted octanol–water partition coefficient (Wildman–Crippen LogP) is 3.98. The van der Waals surface area contributed by atoms with Crippen LogP contribution in [0.15, 0.2) is 12.1 Å². The number of anilines is 1. The van der Waals surface area contributed by atoms with Crippen molar-refractivity contribution in [1.29, 1.82) is 0 Å². The molecule has 8 heteroatoms. The van der Waals surface area contributed by atoms with Gasteiger partial charge in [-0.3, -0.25) is 4.79 Å². The number of carboxylic acids is 1. The summed E-state index contributed by atoms with van der Waals surface area (Å²) in [5.74, 6) is -0.689. The smallest absolute Gasteiger partial charge is 0.323 e. The topological polar surface area (TPSA) is 69.6 Å². The second-order valence-electron chi connectivity index (χ2n) is 4.89. The molecule has 0 bridgehead atoms. The molecule has 114 valence electrons. The van der Waals surface area contributed by atoms with E-state index in [4.69, 9.17) is 39.9 Å². The molecule has 0 saturated heterocycles. The van der Waals surface area contributed by atoms with E-state index in [1.54, 1.807) is 0 Å². The van der Waals surface area contributed by atoms with Gasteiger partial charge in [0.05, 0.1) is 20.8 Å². The third-order valence-corrected chi connectivity index (χ3v) is 4.08. The fourth-order valence-electron chi connectivity index (χ4n) is 1.81. The van der Waals surface area contributed by atoms with Crippen molar-refractivity contribution in [2.24, 2.45) is 5.92 Å². The zero-order chi connectivity index (χ0) is 15.6. The molecule has 1 aliphatic rings. The Labute approximate surface area is 136 Å². The lowest BCUT2D eigenvalue weighted by Crippen LogP contribution is -2.40. The summed E-state index contributed by atoms with van der Waals surface area (Å²) in [4.78, 5) is 24.3. The average molecular weight is 352 g/mol. The van der Waals surface area contributed by atoms with Crippen LogP contribution in [0.5, 0.6) is 0 Å². The number of nitrogens with zero attached hydrogens (tertiary/aromatic N) is 1. The van der Waals surface area contributed by atoms with E-state index >= 15 is 0 Å². The summed E-state index contributed by atoms with van der Waals surface area (Å²) in [5.41, 5.74) is 0.294. The minimum absolute atomic E-state index is 0.236. The van der Waals surface area contributed by atoms with Crippen molar-refractivity contribution in [3.8, 4) is 0 Å². The molecule has 2 N–H and O–H groups in total. The highest BCUT2D eigenvalue weighted by Gasteiger charge is 2.28. The molecule has 0 spiro atoms. The summed E-state index contributed by atoms with van der Waals surface area (Å²) < 4.78 is 0. The van der Waals surface area contributed by atoms with Crippen molar-refractivity contribution in [2.75, 3.05) is 18.4 Å². The Bertz CT molecular complexity index is 576. The van der Waals surface area contributed by atoms with Gasteiger partial charge in [-0.1, -0.05) is 34.8 Å². The van der Waals surface area contributed by atoms with E-state index in [0.29, 0.717) is 18.2 Å². The third-order valence-electron chi connectivity index (χ3n) is 3.04. The van der Waals surface area contributed by atoms with Gasteiger partial charge in [0.15, 0.2) is 0 Å². The molecule has 1 aliphatic carbocycles. The van der Waals surface area contributed by atoms with E-state index in [0.717, 1.165) is 12.8 Å². The van der Waals surface area contributed by atoms with Crippen LogP contribution >= 0.6 is 34.8 Å². The van der Waals surface area contributed by atoms with Gasteiger partial charge in [-0.05, 0) is 30.9 Å². The highest BCUT2D eigenvalue weighted by atomic mass is 35.5. The Morgan fingerprint density at radius 1 is 1.19 bits per heavy atom. The van der Waals surface area contributed by atoms with Gasteiger partial charge in [0.25, 0.3) is 0 Å². The second-order valence-corrected chi connectivity index (χ2v) is 6.12. The fourth-order valence-corrected chi connectivity index (χ4v) is 2.40. The maximum Gasteiger partial charge on any atom is 0.323 e. The molecule has 0 aliphatic heterocycles. The molecular formula is C13H13Cl3N2O3. The van der Waals surface area contributed by atoms with Crippen molar-refractivity contribution >= 4 is 52.5 Å². The molecule has 1 aromatic rings. The first kappa shape index (κ1) is 16.2. The number of amides is 2. The maximum absolute atomic E-state index is 12.2. The van der Waals surface area contributed by atoms with Crippen molar-refractivity contribution < 1.29 is 14.7 Å². The minimum Gasteiger partial charge on any atom is -0.480 e. The number of rotatable bonds is 5. The Hall–Kier alpha value is -1.17. The molecule has 0 aromatic heterocycles. The summed E-state index contributed by atoms with van der Waals surface area (Å²) in [7, 11) is 0. The molecule has 0 atom stereocenters. The third kappa shape index (κ3) is 4.66. The quantitative estimate of drug-likeness (QED) is 0.788. The molecule has 5 nitrogen and oxygen atoms in total. The second kappa shape index (κ2) is 6.73. The van der Waals surface area contributed by atoms with E-state index in [2.05, 4.69) is 5.32 Å². The van der Waals surface area contributed by atoms with Crippen molar-refractivity contribution in [1.82, 2.24) is 4.90 Å². The number of hydrogen-bond acceptors (Lipinski definition) is 2. The molecule has 1 aromatic carbocycles.